The molecule has 0 atom stereocenters. The van der Waals surface area contributed by atoms with Crippen molar-refractivity contribution in [1.29, 1.82) is 0 Å². The zero-order valence-corrected chi connectivity index (χ0v) is 11.7. The van der Waals surface area contributed by atoms with Crippen molar-refractivity contribution in [3.05, 3.63) is 11.9 Å². The third kappa shape index (κ3) is 5.70. The van der Waals surface area contributed by atoms with Gasteiger partial charge in [-0.3, -0.25) is 0 Å². The summed E-state index contributed by atoms with van der Waals surface area (Å²) in [6.07, 6.45) is -2.97. The van der Waals surface area contributed by atoms with Crippen molar-refractivity contribution in [3.8, 4) is 5.88 Å². The van der Waals surface area contributed by atoms with Gasteiger partial charge in [-0.25, -0.2) is 13.8 Å². The molecule has 1 rings (SSSR count). The minimum Gasteiger partial charge on any atom is -0.471 e. The van der Waals surface area contributed by atoms with Crippen LogP contribution in [0.5, 0.6) is 5.88 Å². The Kier molecular flexibility index (Phi) is 6.60. The molecule has 0 aromatic carbocycles. The zero-order valence-electron chi connectivity index (χ0n) is 11.7. The molecule has 0 unspecified atom stereocenters. The number of halogens is 4. The molecule has 1 N–H and O–H groups in total. The lowest BCUT2D eigenvalue weighted by molar-refractivity contribution is -0.148. The van der Waals surface area contributed by atoms with Crippen LogP contribution in [-0.2, 0) is 11.3 Å². The van der Waals surface area contributed by atoms with Crippen LogP contribution in [0.1, 0.15) is 19.2 Å². The van der Waals surface area contributed by atoms with Gasteiger partial charge in [-0.15, -0.1) is 0 Å². The Hall–Kier alpha value is -1.64. The SMILES string of the molecule is CCCNc1cc(OCC(F)(F)C(F)F)nc(COC)n1. The normalized spacial score (nSPS) is 11.8. The van der Waals surface area contributed by atoms with Crippen LogP contribution in [0.25, 0.3) is 0 Å². The maximum absolute atomic E-state index is 12.8. The smallest absolute Gasteiger partial charge is 0.340 e. The molecular weight excluding hydrogens is 294 g/mol. The van der Waals surface area contributed by atoms with Gasteiger partial charge in [0.15, 0.2) is 12.4 Å². The molecule has 120 valence electrons. The van der Waals surface area contributed by atoms with E-state index in [9.17, 15) is 17.6 Å². The molecule has 0 radical (unpaired) electrons. The molecule has 0 aliphatic heterocycles. The molecular formula is C12H17F4N3O2. The second kappa shape index (κ2) is 7.96. The molecule has 21 heavy (non-hydrogen) atoms. The van der Waals surface area contributed by atoms with E-state index in [1.165, 1.54) is 13.2 Å². The third-order valence-corrected chi connectivity index (χ3v) is 2.31. The topological polar surface area (TPSA) is 56.3 Å². The fourth-order valence-corrected chi connectivity index (χ4v) is 1.32. The van der Waals surface area contributed by atoms with E-state index in [4.69, 9.17) is 4.74 Å². The predicted molar refractivity (Wildman–Crippen MR) is 68.0 cm³/mol. The summed E-state index contributed by atoms with van der Waals surface area (Å²) in [5, 5.41) is 2.93. The van der Waals surface area contributed by atoms with Crippen LogP contribution in [0.4, 0.5) is 23.4 Å². The van der Waals surface area contributed by atoms with Gasteiger partial charge in [0.1, 0.15) is 12.4 Å². The maximum Gasteiger partial charge on any atom is 0.340 e. The Labute approximate surface area is 119 Å². The first kappa shape index (κ1) is 17.4. The summed E-state index contributed by atoms with van der Waals surface area (Å²) >= 11 is 0. The summed E-state index contributed by atoms with van der Waals surface area (Å²) in [6, 6.07) is 1.27. The van der Waals surface area contributed by atoms with E-state index in [0.29, 0.717) is 12.4 Å². The molecule has 0 aliphatic carbocycles. The number of ether oxygens (including phenoxy) is 2. The van der Waals surface area contributed by atoms with Gasteiger partial charge in [0.2, 0.25) is 5.88 Å². The van der Waals surface area contributed by atoms with Crippen molar-refractivity contribution in [2.75, 3.05) is 25.6 Å². The molecule has 5 nitrogen and oxygen atoms in total. The molecule has 1 aromatic rings. The molecule has 1 aromatic heterocycles. The molecule has 0 spiro atoms. The Morgan fingerprint density at radius 1 is 1.33 bits per heavy atom. The highest BCUT2D eigenvalue weighted by Gasteiger charge is 2.41. The largest absolute Gasteiger partial charge is 0.471 e. The highest BCUT2D eigenvalue weighted by molar-refractivity contribution is 5.38. The summed E-state index contributed by atoms with van der Waals surface area (Å²) in [7, 11) is 1.42. The van der Waals surface area contributed by atoms with Crippen molar-refractivity contribution in [3.63, 3.8) is 0 Å². The maximum atomic E-state index is 12.8. The first-order valence-corrected chi connectivity index (χ1v) is 6.28. The van der Waals surface area contributed by atoms with Crippen LogP contribution in [-0.4, -0.2) is 42.6 Å². The Morgan fingerprint density at radius 3 is 2.62 bits per heavy atom. The van der Waals surface area contributed by atoms with E-state index in [1.807, 2.05) is 6.92 Å². The average molecular weight is 311 g/mol. The minimum absolute atomic E-state index is 0.0449. The van der Waals surface area contributed by atoms with Crippen molar-refractivity contribution < 1.29 is 27.0 Å². The summed E-state index contributed by atoms with van der Waals surface area (Å²) in [4.78, 5) is 7.89. The van der Waals surface area contributed by atoms with Crippen LogP contribution >= 0.6 is 0 Å². The Balaban J connectivity index is 2.82. The molecule has 0 bridgehead atoms. The molecule has 0 fully saturated rings. The number of rotatable bonds is 9. The quantitative estimate of drug-likeness (QED) is 0.711. The second-order valence-corrected chi connectivity index (χ2v) is 4.22. The number of hydrogen-bond donors (Lipinski definition) is 1. The summed E-state index contributed by atoms with van der Waals surface area (Å²) in [5.74, 6) is -3.89. The van der Waals surface area contributed by atoms with Crippen molar-refractivity contribution in [2.45, 2.75) is 32.3 Å². The number of aromatic nitrogens is 2. The van der Waals surface area contributed by atoms with Gasteiger partial charge in [0.25, 0.3) is 0 Å². The fraction of sp³-hybridized carbons (Fsp3) is 0.667. The number of alkyl halides is 4. The van der Waals surface area contributed by atoms with Gasteiger partial charge in [-0.05, 0) is 6.42 Å². The molecule has 0 saturated heterocycles. The van der Waals surface area contributed by atoms with Crippen molar-refractivity contribution in [1.82, 2.24) is 9.97 Å². The van der Waals surface area contributed by atoms with Crippen LogP contribution in [0.3, 0.4) is 0 Å². The molecule has 1 heterocycles. The number of anilines is 1. The van der Waals surface area contributed by atoms with Crippen molar-refractivity contribution >= 4 is 5.82 Å². The lowest BCUT2D eigenvalue weighted by atomic mass is 10.4. The van der Waals surface area contributed by atoms with Gasteiger partial charge in [-0.1, -0.05) is 6.92 Å². The van der Waals surface area contributed by atoms with E-state index in [-0.39, 0.29) is 18.3 Å². The molecule has 0 saturated carbocycles. The van der Waals surface area contributed by atoms with Gasteiger partial charge >= 0.3 is 12.3 Å². The van der Waals surface area contributed by atoms with Crippen LogP contribution in [0, 0.1) is 0 Å². The van der Waals surface area contributed by atoms with Crippen molar-refractivity contribution in [2.24, 2.45) is 0 Å². The first-order valence-electron chi connectivity index (χ1n) is 6.28. The van der Waals surface area contributed by atoms with Crippen LogP contribution in [0.15, 0.2) is 6.07 Å². The highest BCUT2D eigenvalue weighted by Crippen LogP contribution is 2.24. The van der Waals surface area contributed by atoms with E-state index in [0.717, 1.165) is 6.42 Å². The summed E-state index contributed by atoms with van der Waals surface area (Å²) in [6.45, 7) is 1.13. The van der Waals surface area contributed by atoms with E-state index >= 15 is 0 Å². The number of nitrogens with zero attached hydrogens (tertiary/aromatic N) is 2. The monoisotopic (exact) mass is 311 g/mol. The van der Waals surface area contributed by atoms with Gasteiger partial charge in [-0.2, -0.15) is 13.8 Å². The third-order valence-electron chi connectivity index (χ3n) is 2.31. The predicted octanol–water partition coefficient (Wildman–Crippen LogP) is 2.72. The molecule has 9 heteroatoms. The Morgan fingerprint density at radius 2 is 2.05 bits per heavy atom. The highest BCUT2D eigenvalue weighted by atomic mass is 19.3. The number of nitrogens with one attached hydrogen (secondary N) is 1. The molecule has 0 amide bonds. The lowest BCUT2D eigenvalue weighted by Crippen LogP contribution is -2.34. The number of hydrogen-bond acceptors (Lipinski definition) is 5. The zero-order chi connectivity index (χ0) is 15.9. The number of methoxy groups -OCH3 is 1. The Bertz CT molecular complexity index is 447. The molecule has 0 aliphatic rings. The van der Waals surface area contributed by atoms with E-state index in [2.05, 4.69) is 20.0 Å². The first-order chi connectivity index (χ1) is 9.89. The summed E-state index contributed by atoms with van der Waals surface area (Å²) in [5.41, 5.74) is 0. The second-order valence-electron chi connectivity index (χ2n) is 4.22. The van der Waals surface area contributed by atoms with Gasteiger partial charge in [0.05, 0.1) is 0 Å². The standard InChI is InChI=1S/C12H17F4N3O2/c1-3-4-17-8-5-10(19-9(18-8)6-20-2)21-7-12(15,16)11(13)14/h5,11H,3-4,6-7H2,1-2H3,(H,17,18,19). The van der Waals surface area contributed by atoms with Gasteiger partial charge in [0, 0.05) is 19.7 Å². The van der Waals surface area contributed by atoms with E-state index in [1.54, 1.807) is 0 Å². The minimum atomic E-state index is -4.23. The summed E-state index contributed by atoms with van der Waals surface area (Å²) < 4.78 is 59.3. The fourth-order valence-electron chi connectivity index (χ4n) is 1.32. The van der Waals surface area contributed by atoms with Crippen LogP contribution in [0.2, 0.25) is 0 Å². The average Bonchev–Trinajstić information content (AvgIpc) is 2.43. The van der Waals surface area contributed by atoms with Crippen LogP contribution < -0.4 is 10.1 Å². The van der Waals surface area contributed by atoms with E-state index < -0.39 is 19.0 Å². The lowest BCUT2D eigenvalue weighted by Gasteiger charge is -2.16. The van der Waals surface area contributed by atoms with Gasteiger partial charge < -0.3 is 14.8 Å².